The van der Waals surface area contributed by atoms with E-state index in [9.17, 15) is 0 Å². The molecule has 0 atom stereocenters. The molecule has 0 radical (unpaired) electrons. The Morgan fingerprint density at radius 3 is 1.31 bits per heavy atom. The van der Waals surface area contributed by atoms with Crippen LogP contribution in [0.3, 0.4) is 0 Å². The molecule has 26 heavy (non-hydrogen) atoms. The van der Waals surface area contributed by atoms with Crippen LogP contribution in [0.5, 0.6) is 0 Å². The molecule has 0 unspecified atom stereocenters. The van der Waals surface area contributed by atoms with Crippen molar-refractivity contribution in [2.24, 2.45) is 5.92 Å². The van der Waals surface area contributed by atoms with Crippen LogP contribution in [0.4, 0.5) is 0 Å². The SMILES string of the molecule is CC(C)CCCP(Br)(c1ccccc1)(c1ccccc1)c1ccccc1. The molecule has 3 rings (SSSR count). The standard InChI is InChI=1S/C24H28BrP/c1-21(2)13-12-20-26(25,22-14-6-3-7-15-22,23-16-8-4-9-17-23)24-18-10-5-11-19-24/h3-11,14-19,21H,12-13,20H2,1-2H3. The maximum atomic E-state index is 4.50. The molecule has 136 valence electrons. The van der Waals surface area contributed by atoms with Gasteiger partial charge < -0.3 is 0 Å². The Balaban J connectivity index is 2.28. The van der Waals surface area contributed by atoms with Crippen LogP contribution in [0, 0.1) is 5.92 Å². The van der Waals surface area contributed by atoms with Gasteiger partial charge in [-0.2, -0.15) is 0 Å². The molecule has 0 nitrogen and oxygen atoms in total. The molecular formula is C24H28BrP. The van der Waals surface area contributed by atoms with Gasteiger partial charge in [0.2, 0.25) is 0 Å². The van der Waals surface area contributed by atoms with Gasteiger partial charge in [0.15, 0.2) is 0 Å². The van der Waals surface area contributed by atoms with Gasteiger partial charge in [0.1, 0.15) is 0 Å². The quantitative estimate of drug-likeness (QED) is 0.391. The summed E-state index contributed by atoms with van der Waals surface area (Å²) in [6.45, 7) is 4.63. The zero-order valence-corrected chi connectivity index (χ0v) is 18.2. The van der Waals surface area contributed by atoms with Gasteiger partial charge in [0.25, 0.3) is 0 Å². The van der Waals surface area contributed by atoms with Crippen molar-refractivity contribution in [1.82, 2.24) is 0 Å². The summed E-state index contributed by atoms with van der Waals surface area (Å²) in [6, 6.07) is 33.2. The first-order chi connectivity index (χ1) is 12.6. The third-order valence-electron chi connectivity index (χ3n) is 5.24. The van der Waals surface area contributed by atoms with E-state index in [4.69, 9.17) is 0 Å². The Kier molecular flexibility index (Phi) is 6.00. The summed E-state index contributed by atoms with van der Waals surface area (Å²) in [4.78, 5) is 0. The minimum absolute atomic E-state index is 0.721. The Morgan fingerprint density at radius 2 is 1.00 bits per heavy atom. The van der Waals surface area contributed by atoms with Crippen molar-refractivity contribution in [3.05, 3.63) is 91.0 Å². The maximum absolute atomic E-state index is 4.50. The average molecular weight is 427 g/mol. The molecule has 0 saturated heterocycles. The van der Waals surface area contributed by atoms with Crippen molar-refractivity contribution >= 4 is 36.7 Å². The van der Waals surface area contributed by atoms with Crippen LogP contribution in [0.15, 0.2) is 91.0 Å². The van der Waals surface area contributed by atoms with E-state index < -0.39 is 5.31 Å². The van der Waals surface area contributed by atoms with Gasteiger partial charge in [-0.15, -0.1) is 0 Å². The molecule has 0 bridgehead atoms. The monoisotopic (exact) mass is 426 g/mol. The van der Waals surface area contributed by atoms with E-state index in [1.165, 1.54) is 28.8 Å². The van der Waals surface area contributed by atoms with Gasteiger partial charge in [-0.05, 0) is 0 Å². The second-order valence-electron chi connectivity index (χ2n) is 7.45. The second kappa shape index (κ2) is 8.07. The molecule has 0 aliphatic heterocycles. The van der Waals surface area contributed by atoms with Crippen LogP contribution in [0.2, 0.25) is 0 Å². The predicted molar refractivity (Wildman–Crippen MR) is 123 cm³/mol. The summed E-state index contributed by atoms with van der Waals surface area (Å²) in [5, 5.41) is 1.56. The first-order valence-electron chi connectivity index (χ1n) is 9.45. The number of hydrogen-bond donors (Lipinski definition) is 0. The fourth-order valence-electron chi connectivity index (χ4n) is 3.85. The third kappa shape index (κ3) is 3.53. The topological polar surface area (TPSA) is 0 Å². The first-order valence-corrected chi connectivity index (χ1v) is 13.9. The summed E-state index contributed by atoms with van der Waals surface area (Å²) in [5.41, 5.74) is 0. The van der Waals surface area contributed by atoms with Crippen molar-refractivity contribution in [2.75, 3.05) is 6.16 Å². The molecule has 3 aromatic rings. The van der Waals surface area contributed by atoms with E-state index in [0.29, 0.717) is 0 Å². The molecule has 0 N–H and O–H groups in total. The Hall–Kier alpha value is -1.43. The molecular weight excluding hydrogens is 399 g/mol. The van der Waals surface area contributed by atoms with Crippen LogP contribution in [0.1, 0.15) is 26.7 Å². The van der Waals surface area contributed by atoms with Gasteiger partial charge in [-0.3, -0.25) is 0 Å². The molecule has 0 fully saturated rings. The molecule has 0 amide bonds. The first kappa shape index (κ1) is 19.3. The van der Waals surface area contributed by atoms with Gasteiger partial charge in [0, 0.05) is 0 Å². The molecule has 0 spiro atoms. The van der Waals surface area contributed by atoms with Crippen molar-refractivity contribution in [3.8, 4) is 0 Å². The van der Waals surface area contributed by atoms with E-state index >= 15 is 0 Å². The number of halogens is 1. The molecule has 0 aliphatic carbocycles. The Labute approximate surface area is 166 Å². The summed E-state index contributed by atoms with van der Waals surface area (Å²) in [7, 11) is 0. The second-order valence-corrected chi connectivity index (χ2v) is 16.5. The summed E-state index contributed by atoms with van der Waals surface area (Å²) < 4.78 is 0. The third-order valence-corrected chi connectivity index (χ3v) is 15.3. The fraction of sp³-hybridized carbons (Fsp3) is 0.250. The summed E-state index contributed by atoms with van der Waals surface area (Å²) >= 11 is 4.50. The number of hydrogen-bond acceptors (Lipinski definition) is 0. The zero-order valence-electron chi connectivity index (χ0n) is 15.7. The van der Waals surface area contributed by atoms with Gasteiger partial charge >= 0.3 is 166 Å². The minimum atomic E-state index is -2.69. The Bertz CT molecular complexity index is 713. The van der Waals surface area contributed by atoms with Crippen molar-refractivity contribution in [2.45, 2.75) is 26.7 Å². The predicted octanol–water partition coefficient (Wildman–Crippen LogP) is 6.26. The molecule has 0 saturated carbocycles. The molecule has 0 aromatic heterocycles. The van der Waals surface area contributed by atoms with Crippen molar-refractivity contribution < 1.29 is 0 Å². The van der Waals surface area contributed by atoms with E-state index in [0.717, 1.165) is 12.1 Å². The van der Waals surface area contributed by atoms with E-state index in [-0.39, 0.29) is 0 Å². The van der Waals surface area contributed by atoms with Crippen molar-refractivity contribution in [3.63, 3.8) is 0 Å². The van der Waals surface area contributed by atoms with Crippen LogP contribution in [0.25, 0.3) is 0 Å². The average Bonchev–Trinajstić information content (AvgIpc) is 2.70. The number of benzene rings is 3. The normalized spacial score (nSPS) is 13.3. The van der Waals surface area contributed by atoms with Gasteiger partial charge in [0.05, 0.1) is 0 Å². The van der Waals surface area contributed by atoms with E-state index in [1.54, 1.807) is 0 Å². The Morgan fingerprint density at radius 1 is 0.654 bits per heavy atom. The van der Waals surface area contributed by atoms with Gasteiger partial charge in [-0.25, -0.2) is 0 Å². The number of rotatable bonds is 7. The van der Waals surface area contributed by atoms with Crippen molar-refractivity contribution in [1.29, 1.82) is 0 Å². The van der Waals surface area contributed by atoms with E-state index in [2.05, 4.69) is 120 Å². The summed E-state index contributed by atoms with van der Waals surface area (Å²) in [6.07, 6.45) is 3.59. The van der Waals surface area contributed by atoms with Gasteiger partial charge in [-0.1, -0.05) is 0 Å². The molecule has 2 heteroatoms. The van der Waals surface area contributed by atoms with Crippen LogP contribution < -0.4 is 15.9 Å². The van der Waals surface area contributed by atoms with E-state index in [1.807, 2.05) is 0 Å². The van der Waals surface area contributed by atoms with Crippen LogP contribution in [-0.4, -0.2) is 6.16 Å². The van der Waals surface area contributed by atoms with Crippen LogP contribution in [-0.2, 0) is 0 Å². The van der Waals surface area contributed by atoms with Crippen LogP contribution >= 0.6 is 20.8 Å². The molecule has 3 aromatic carbocycles. The molecule has 0 heterocycles. The summed E-state index contributed by atoms with van der Waals surface area (Å²) in [5.74, 6) is 0.721. The zero-order chi connectivity index (χ0) is 18.5. The molecule has 0 aliphatic rings. The fourth-order valence-corrected chi connectivity index (χ4v) is 11.6.